The Hall–Kier alpha value is -1.59. The molecule has 1 rings (SSSR count). The molecule has 0 spiro atoms. The van der Waals surface area contributed by atoms with Crippen LogP contribution in [0.5, 0.6) is 0 Å². The van der Waals surface area contributed by atoms with Crippen molar-refractivity contribution in [1.82, 2.24) is 0 Å². The van der Waals surface area contributed by atoms with Crippen molar-refractivity contribution in [3.63, 3.8) is 0 Å². The van der Waals surface area contributed by atoms with E-state index in [0.29, 0.717) is 6.26 Å². The van der Waals surface area contributed by atoms with E-state index in [1.54, 1.807) is 0 Å². The van der Waals surface area contributed by atoms with Crippen LogP contribution in [0.4, 0.5) is 8.78 Å². The molecule has 0 aromatic heterocycles. The topological polar surface area (TPSA) is 63.6 Å². The van der Waals surface area contributed by atoms with E-state index in [2.05, 4.69) is 4.99 Å². The first-order valence-electron chi connectivity index (χ1n) is 4.08. The van der Waals surface area contributed by atoms with Crippen LogP contribution >= 0.6 is 0 Å². The number of hydrogen-bond acceptors (Lipinski definition) is 4. The monoisotopic (exact) mass is 247 g/mol. The summed E-state index contributed by atoms with van der Waals surface area (Å²) in [5.74, 6) is -2.39. The maximum Gasteiger partial charge on any atom is 0.235 e. The van der Waals surface area contributed by atoms with Crippen LogP contribution in [-0.4, -0.2) is 20.8 Å². The second-order valence-corrected chi connectivity index (χ2v) is 5.02. The number of rotatable bonds is 3. The van der Waals surface area contributed by atoms with Crippen molar-refractivity contribution in [2.75, 3.05) is 6.26 Å². The molecule has 1 aromatic rings. The maximum absolute atomic E-state index is 13.3. The highest BCUT2D eigenvalue weighted by molar-refractivity contribution is 7.90. The summed E-state index contributed by atoms with van der Waals surface area (Å²) in [6.45, 7) is -0.249. The third-order valence-electron chi connectivity index (χ3n) is 1.76. The molecular weight excluding hydrogens is 240 g/mol. The molecule has 4 nitrogen and oxygen atoms in total. The number of carbonyl (C=O) groups excluding carboxylic acids is 1. The van der Waals surface area contributed by atoms with Gasteiger partial charge in [0.2, 0.25) is 6.08 Å². The van der Waals surface area contributed by atoms with Crippen molar-refractivity contribution in [3.05, 3.63) is 29.3 Å². The summed E-state index contributed by atoms with van der Waals surface area (Å²) in [4.78, 5) is 11.9. The quantitative estimate of drug-likeness (QED) is 0.595. The first kappa shape index (κ1) is 12.5. The van der Waals surface area contributed by atoms with Crippen LogP contribution < -0.4 is 0 Å². The summed E-state index contributed by atoms with van der Waals surface area (Å²) in [5, 5.41) is 0. The van der Waals surface area contributed by atoms with Gasteiger partial charge in [0.15, 0.2) is 9.84 Å². The number of isocyanates is 1. The van der Waals surface area contributed by atoms with E-state index in [4.69, 9.17) is 0 Å². The first-order chi connectivity index (χ1) is 7.36. The van der Waals surface area contributed by atoms with Crippen LogP contribution in [0, 0.1) is 11.6 Å². The van der Waals surface area contributed by atoms with E-state index < -0.39 is 26.4 Å². The summed E-state index contributed by atoms with van der Waals surface area (Å²) in [5.41, 5.74) is 0.0609. The fourth-order valence-electron chi connectivity index (χ4n) is 1.18. The number of nitrogens with zero attached hydrogens (tertiary/aromatic N) is 1. The van der Waals surface area contributed by atoms with Crippen LogP contribution in [0.3, 0.4) is 0 Å². The summed E-state index contributed by atoms with van der Waals surface area (Å²) in [6, 6.07) is 1.64. The molecule has 0 saturated heterocycles. The number of aliphatic imine (C=N–C) groups is 1. The average Bonchev–Trinajstić information content (AvgIpc) is 2.11. The molecule has 0 bridgehead atoms. The summed E-state index contributed by atoms with van der Waals surface area (Å²) in [7, 11) is -3.96. The number of sulfone groups is 1. The van der Waals surface area contributed by atoms with E-state index in [0.717, 1.165) is 12.1 Å². The molecule has 7 heteroatoms. The van der Waals surface area contributed by atoms with Crippen molar-refractivity contribution < 1.29 is 22.0 Å². The van der Waals surface area contributed by atoms with Gasteiger partial charge in [-0.3, -0.25) is 0 Å². The molecule has 16 heavy (non-hydrogen) atoms. The zero-order valence-electron chi connectivity index (χ0n) is 8.20. The average molecular weight is 247 g/mol. The van der Waals surface area contributed by atoms with Crippen molar-refractivity contribution in [2.45, 2.75) is 11.4 Å². The van der Waals surface area contributed by atoms with Crippen molar-refractivity contribution in [1.29, 1.82) is 0 Å². The van der Waals surface area contributed by atoms with E-state index >= 15 is 0 Å². The predicted octanol–water partition coefficient (Wildman–Crippen LogP) is 1.20. The van der Waals surface area contributed by atoms with Crippen LogP contribution in [0.15, 0.2) is 22.0 Å². The van der Waals surface area contributed by atoms with Crippen molar-refractivity contribution >= 4 is 15.9 Å². The normalized spacial score (nSPS) is 10.9. The van der Waals surface area contributed by atoms with Crippen LogP contribution in [0.25, 0.3) is 0 Å². The summed E-state index contributed by atoms with van der Waals surface area (Å²) < 4.78 is 48.6. The smallest absolute Gasteiger partial charge is 0.224 e. The predicted molar refractivity (Wildman–Crippen MR) is 51.3 cm³/mol. The Balaban J connectivity index is 3.34. The largest absolute Gasteiger partial charge is 0.235 e. The molecule has 0 aliphatic carbocycles. The second kappa shape index (κ2) is 4.51. The van der Waals surface area contributed by atoms with E-state index in [-0.39, 0.29) is 12.1 Å². The molecular formula is C9H7F2NO3S. The molecule has 0 radical (unpaired) electrons. The van der Waals surface area contributed by atoms with Crippen molar-refractivity contribution in [3.8, 4) is 0 Å². The maximum atomic E-state index is 13.3. The Bertz CT molecular complexity index is 539. The molecule has 0 saturated carbocycles. The highest BCUT2D eigenvalue weighted by Gasteiger charge is 2.20. The molecule has 0 aliphatic heterocycles. The lowest BCUT2D eigenvalue weighted by Gasteiger charge is -2.04. The minimum atomic E-state index is -3.96. The van der Waals surface area contributed by atoms with Gasteiger partial charge >= 0.3 is 0 Å². The fraction of sp³-hybridized carbons (Fsp3) is 0.222. The van der Waals surface area contributed by atoms with Gasteiger partial charge in [0.1, 0.15) is 16.5 Å². The summed E-state index contributed by atoms with van der Waals surface area (Å²) in [6.07, 6.45) is 1.92. The van der Waals surface area contributed by atoms with E-state index in [1.807, 2.05) is 0 Å². The molecule has 0 heterocycles. The molecule has 0 unspecified atom stereocenters. The lowest BCUT2D eigenvalue weighted by Crippen LogP contribution is -2.05. The molecule has 86 valence electrons. The van der Waals surface area contributed by atoms with Gasteiger partial charge in [0.05, 0.1) is 6.54 Å². The minimum Gasteiger partial charge on any atom is -0.224 e. The Labute approximate surface area is 90.5 Å². The van der Waals surface area contributed by atoms with E-state index in [1.165, 1.54) is 6.08 Å². The molecule has 0 atom stereocenters. The Morgan fingerprint density at radius 3 is 2.19 bits per heavy atom. The van der Waals surface area contributed by atoms with Crippen molar-refractivity contribution in [2.24, 2.45) is 4.99 Å². The van der Waals surface area contributed by atoms with Gasteiger partial charge in [-0.25, -0.2) is 27.0 Å². The number of benzene rings is 1. The lowest BCUT2D eigenvalue weighted by atomic mass is 10.2. The minimum absolute atomic E-state index is 0.0609. The molecule has 1 aromatic carbocycles. The number of hydrogen-bond donors (Lipinski definition) is 0. The van der Waals surface area contributed by atoms with Gasteiger partial charge in [-0.2, -0.15) is 0 Å². The van der Waals surface area contributed by atoms with Gasteiger partial charge in [0.25, 0.3) is 0 Å². The Kier molecular flexibility index (Phi) is 3.51. The van der Waals surface area contributed by atoms with Crippen LogP contribution in [0.1, 0.15) is 5.56 Å². The summed E-state index contributed by atoms with van der Waals surface area (Å²) >= 11 is 0. The second-order valence-electron chi connectivity index (χ2n) is 3.07. The van der Waals surface area contributed by atoms with E-state index in [9.17, 15) is 22.0 Å². The fourth-order valence-corrected chi connectivity index (χ4v) is 2.01. The highest BCUT2D eigenvalue weighted by Crippen LogP contribution is 2.20. The van der Waals surface area contributed by atoms with Gasteiger partial charge in [-0.05, 0) is 17.7 Å². The third-order valence-corrected chi connectivity index (χ3v) is 2.89. The molecule has 0 amide bonds. The van der Waals surface area contributed by atoms with Gasteiger partial charge < -0.3 is 0 Å². The number of halogens is 2. The Morgan fingerprint density at radius 1 is 1.31 bits per heavy atom. The molecule has 0 N–H and O–H groups in total. The standard InChI is InChI=1S/C9H7F2NO3S/c1-16(14,15)9-7(10)2-6(3-8(9)11)4-12-5-13/h2-3H,4H2,1H3. The van der Waals surface area contributed by atoms with Gasteiger partial charge in [0, 0.05) is 6.26 Å². The zero-order valence-corrected chi connectivity index (χ0v) is 9.01. The zero-order chi connectivity index (χ0) is 12.3. The van der Waals surface area contributed by atoms with Gasteiger partial charge in [-0.15, -0.1) is 0 Å². The first-order valence-corrected chi connectivity index (χ1v) is 5.97. The van der Waals surface area contributed by atoms with Crippen LogP contribution in [0.2, 0.25) is 0 Å². The molecule has 0 aliphatic rings. The Morgan fingerprint density at radius 2 is 1.81 bits per heavy atom. The highest BCUT2D eigenvalue weighted by atomic mass is 32.2. The third kappa shape index (κ3) is 2.71. The SMILES string of the molecule is CS(=O)(=O)c1c(F)cc(CN=C=O)cc1F. The van der Waals surface area contributed by atoms with Crippen LogP contribution in [-0.2, 0) is 21.2 Å². The lowest BCUT2D eigenvalue weighted by molar-refractivity contribution is 0.518. The molecule has 0 fully saturated rings. The van der Waals surface area contributed by atoms with Gasteiger partial charge in [-0.1, -0.05) is 0 Å².